The number of halogens is 1. The molecule has 2 aromatic rings. The lowest BCUT2D eigenvalue weighted by atomic mass is 10.1. The van der Waals surface area contributed by atoms with Crippen molar-refractivity contribution < 1.29 is 9.47 Å². The van der Waals surface area contributed by atoms with Crippen LogP contribution in [-0.2, 0) is 13.0 Å². The van der Waals surface area contributed by atoms with Gasteiger partial charge in [-0.05, 0) is 17.7 Å². The average Bonchev–Trinajstić information content (AvgIpc) is 2.88. The molecular weight excluding hydrogens is 274 g/mol. The highest BCUT2D eigenvalue weighted by Gasteiger charge is 2.23. The van der Waals surface area contributed by atoms with Crippen LogP contribution in [0.5, 0.6) is 11.5 Å². The van der Waals surface area contributed by atoms with Gasteiger partial charge in [0.25, 0.3) is 0 Å². The Bertz CT molecular complexity index is 590. The highest BCUT2D eigenvalue weighted by atomic mass is 35.5. The third-order valence-electron chi connectivity index (χ3n) is 3.40. The van der Waals surface area contributed by atoms with E-state index in [1.54, 1.807) is 6.07 Å². The molecule has 1 unspecified atom stereocenters. The van der Waals surface area contributed by atoms with Crippen LogP contribution in [0.3, 0.4) is 0 Å². The Morgan fingerprint density at radius 3 is 2.85 bits per heavy atom. The Morgan fingerprint density at radius 1 is 1.20 bits per heavy atom. The van der Waals surface area contributed by atoms with Crippen LogP contribution in [0.15, 0.2) is 42.5 Å². The highest BCUT2D eigenvalue weighted by Crippen LogP contribution is 2.31. The molecular formula is C16H16ClNO2. The van der Waals surface area contributed by atoms with E-state index in [0.717, 1.165) is 17.7 Å². The molecule has 104 valence electrons. The van der Waals surface area contributed by atoms with Gasteiger partial charge in [-0.2, -0.15) is 0 Å². The molecule has 0 saturated carbocycles. The Balaban J connectivity index is 1.67. The lowest BCUT2D eigenvalue weighted by molar-refractivity contribution is 0.148. The van der Waals surface area contributed by atoms with Gasteiger partial charge in [-0.15, -0.1) is 0 Å². The molecule has 0 aliphatic carbocycles. The van der Waals surface area contributed by atoms with Gasteiger partial charge in [0.1, 0.15) is 24.2 Å². The van der Waals surface area contributed by atoms with E-state index in [-0.39, 0.29) is 6.10 Å². The van der Waals surface area contributed by atoms with Gasteiger partial charge in [0.15, 0.2) is 0 Å². The van der Waals surface area contributed by atoms with Crippen LogP contribution in [0.4, 0.5) is 0 Å². The molecule has 0 radical (unpaired) electrons. The molecule has 0 amide bonds. The molecule has 1 heterocycles. The number of rotatable bonds is 4. The SMILES string of the molecule is NCc1cccc(Cl)c1OCC1Cc2ccccc2O1. The molecule has 1 aliphatic heterocycles. The van der Waals surface area contributed by atoms with Crippen molar-refractivity contribution in [3.8, 4) is 11.5 Å². The van der Waals surface area contributed by atoms with Crippen molar-refractivity contribution >= 4 is 11.6 Å². The molecule has 2 aromatic carbocycles. The summed E-state index contributed by atoms with van der Waals surface area (Å²) in [6, 6.07) is 13.7. The van der Waals surface area contributed by atoms with Gasteiger partial charge in [0, 0.05) is 18.5 Å². The van der Waals surface area contributed by atoms with Crippen molar-refractivity contribution in [3.05, 3.63) is 58.6 Å². The highest BCUT2D eigenvalue weighted by molar-refractivity contribution is 6.32. The van der Waals surface area contributed by atoms with Crippen molar-refractivity contribution in [2.75, 3.05) is 6.61 Å². The average molecular weight is 290 g/mol. The lowest BCUT2D eigenvalue weighted by Crippen LogP contribution is -2.23. The van der Waals surface area contributed by atoms with Crippen molar-refractivity contribution in [3.63, 3.8) is 0 Å². The third kappa shape index (κ3) is 2.60. The van der Waals surface area contributed by atoms with E-state index >= 15 is 0 Å². The topological polar surface area (TPSA) is 44.5 Å². The standard InChI is InChI=1S/C16H16ClNO2/c17-14-6-3-5-12(9-18)16(14)19-10-13-8-11-4-1-2-7-15(11)20-13/h1-7,13H,8-10,18H2. The zero-order chi connectivity index (χ0) is 13.9. The summed E-state index contributed by atoms with van der Waals surface area (Å²) in [6.07, 6.45) is 0.882. The van der Waals surface area contributed by atoms with Gasteiger partial charge >= 0.3 is 0 Å². The fraction of sp³-hybridized carbons (Fsp3) is 0.250. The van der Waals surface area contributed by atoms with E-state index in [9.17, 15) is 0 Å². The zero-order valence-corrected chi connectivity index (χ0v) is 11.8. The first-order valence-corrected chi connectivity index (χ1v) is 7.00. The Morgan fingerprint density at radius 2 is 2.05 bits per heavy atom. The predicted octanol–water partition coefficient (Wildman–Crippen LogP) is 3.18. The molecule has 20 heavy (non-hydrogen) atoms. The summed E-state index contributed by atoms with van der Waals surface area (Å²) in [5.74, 6) is 1.61. The number of benzene rings is 2. The molecule has 1 atom stereocenters. The molecule has 4 heteroatoms. The number of nitrogens with two attached hydrogens (primary N) is 1. The van der Waals surface area contributed by atoms with Crippen LogP contribution < -0.4 is 15.2 Å². The predicted molar refractivity (Wildman–Crippen MR) is 79.4 cm³/mol. The maximum Gasteiger partial charge on any atom is 0.142 e. The summed E-state index contributed by atoms with van der Waals surface area (Å²) in [6.45, 7) is 0.868. The smallest absolute Gasteiger partial charge is 0.142 e. The largest absolute Gasteiger partial charge is 0.488 e. The van der Waals surface area contributed by atoms with E-state index in [0.29, 0.717) is 23.9 Å². The minimum absolute atomic E-state index is 0.0225. The second-order valence-electron chi connectivity index (χ2n) is 4.79. The second-order valence-corrected chi connectivity index (χ2v) is 5.20. The summed E-state index contributed by atoms with van der Waals surface area (Å²) in [5, 5.41) is 0.587. The minimum Gasteiger partial charge on any atom is -0.488 e. The Kier molecular flexibility index (Phi) is 3.81. The first-order chi connectivity index (χ1) is 9.78. The van der Waals surface area contributed by atoms with Gasteiger partial charge in [0.05, 0.1) is 5.02 Å². The first-order valence-electron chi connectivity index (χ1n) is 6.62. The fourth-order valence-corrected chi connectivity index (χ4v) is 2.65. The van der Waals surface area contributed by atoms with Crippen LogP contribution in [-0.4, -0.2) is 12.7 Å². The summed E-state index contributed by atoms with van der Waals surface area (Å²) in [4.78, 5) is 0. The first kappa shape index (κ1) is 13.3. The molecule has 0 saturated heterocycles. The number of hydrogen-bond donors (Lipinski definition) is 1. The number of ether oxygens (including phenoxy) is 2. The fourth-order valence-electron chi connectivity index (χ4n) is 2.40. The van der Waals surface area contributed by atoms with Crippen molar-refractivity contribution in [2.24, 2.45) is 5.73 Å². The van der Waals surface area contributed by atoms with E-state index in [1.165, 1.54) is 5.56 Å². The van der Waals surface area contributed by atoms with E-state index in [1.807, 2.05) is 30.3 Å². The minimum atomic E-state index is 0.0225. The van der Waals surface area contributed by atoms with Gasteiger partial charge in [-0.3, -0.25) is 0 Å². The number of hydrogen-bond acceptors (Lipinski definition) is 3. The maximum absolute atomic E-state index is 6.16. The summed E-state index contributed by atoms with van der Waals surface area (Å²) in [5.41, 5.74) is 7.83. The second kappa shape index (κ2) is 5.73. The van der Waals surface area contributed by atoms with E-state index in [4.69, 9.17) is 26.8 Å². The molecule has 1 aliphatic rings. The third-order valence-corrected chi connectivity index (χ3v) is 3.69. The van der Waals surface area contributed by atoms with Crippen LogP contribution in [0.2, 0.25) is 5.02 Å². The van der Waals surface area contributed by atoms with Crippen LogP contribution >= 0.6 is 11.6 Å². The van der Waals surface area contributed by atoms with Crippen LogP contribution in [0.1, 0.15) is 11.1 Å². The normalized spacial score (nSPS) is 16.6. The molecule has 0 spiro atoms. The van der Waals surface area contributed by atoms with Crippen LogP contribution in [0.25, 0.3) is 0 Å². The summed E-state index contributed by atoms with van der Waals surface area (Å²) >= 11 is 6.16. The van der Waals surface area contributed by atoms with E-state index < -0.39 is 0 Å². The summed E-state index contributed by atoms with van der Waals surface area (Å²) in [7, 11) is 0. The summed E-state index contributed by atoms with van der Waals surface area (Å²) < 4.78 is 11.7. The zero-order valence-electron chi connectivity index (χ0n) is 11.0. The lowest BCUT2D eigenvalue weighted by Gasteiger charge is -2.15. The van der Waals surface area contributed by atoms with Crippen molar-refractivity contribution in [1.82, 2.24) is 0 Å². The van der Waals surface area contributed by atoms with Gasteiger partial charge in [0.2, 0.25) is 0 Å². The molecule has 0 aromatic heterocycles. The van der Waals surface area contributed by atoms with Gasteiger partial charge in [-0.25, -0.2) is 0 Å². The Labute approximate surface area is 123 Å². The quantitative estimate of drug-likeness (QED) is 0.940. The monoisotopic (exact) mass is 289 g/mol. The molecule has 3 rings (SSSR count). The molecule has 0 fully saturated rings. The molecule has 3 nitrogen and oxygen atoms in total. The maximum atomic E-state index is 6.16. The van der Waals surface area contributed by atoms with Gasteiger partial charge < -0.3 is 15.2 Å². The number of para-hydroxylation sites is 2. The Hall–Kier alpha value is -1.71. The van der Waals surface area contributed by atoms with Crippen LogP contribution in [0, 0.1) is 0 Å². The number of fused-ring (bicyclic) bond motifs is 1. The van der Waals surface area contributed by atoms with E-state index in [2.05, 4.69) is 6.07 Å². The van der Waals surface area contributed by atoms with Crippen molar-refractivity contribution in [2.45, 2.75) is 19.1 Å². The molecule has 0 bridgehead atoms. The molecule has 2 N–H and O–H groups in total. The van der Waals surface area contributed by atoms with Gasteiger partial charge in [-0.1, -0.05) is 41.9 Å². The van der Waals surface area contributed by atoms with Crippen molar-refractivity contribution in [1.29, 1.82) is 0 Å².